The van der Waals surface area contributed by atoms with Crippen LogP contribution < -0.4 is 9.47 Å². The molecular formula is C29H33Cl2N3O2. The van der Waals surface area contributed by atoms with E-state index in [9.17, 15) is 0 Å². The summed E-state index contributed by atoms with van der Waals surface area (Å²) < 4.78 is 14.6. The second kappa shape index (κ2) is 11.7. The number of aryl methyl sites for hydroxylation is 1. The molecule has 1 atom stereocenters. The van der Waals surface area contributed by atoms with Crippen molar-refractivity contribution in [1.82, 2.24) is 14.5 Å². The van der Waals surface area contributed by atoms with Gasteiger partial charge in [-0.1, -0.05) is 37.1 Å². The molecule has 0 bridgehead atoms. The summed E-state index contributed by atoms with van der Waals surface area (Å²) in [4.78, 5) is 7.48. The Morgan fingerprint density at radius 1 is 1.03 bits per heavy atom. The second-order valence-corrected chi connectivity index (χ2v) is 10.5. The maximum Gasteiger partial charge on any atom is 0.141 e. The van der Waals surface area contributed by atoms with Crippen molar-refractivity contribution in [2.75, 3.05) is 26.2 Å². The van der Waals surface area contributed by atoms with Crippen LogP contribution in [0.5, 0.6) is 11.5 Å². The fourth-order valence-electron chi connectivity index (χ4n) is 4.80. The number of likely N-dealkylation sites (tertiary alicyclic amines) is 1. The van der Waals surface area contributed by atoms with Gasteiger partial charge in [0.05, 0.1) is 16.4 Å². The summed E-state index contributed by atoms with van der Waals surface area (Å²) in [6.45, 7) is 7.16. The van der Waals surface area contributed by atoms with E-state index in [0.29, 0.717) is 18.8 Å². The molecule has 1 aliphatic heterocycles. The Kier molecular flexibility index (Phi) is 8.20. The summed E-state index contributed by atoms with van der Waals surface area (Å²) in [5.41, 5.74) is 3.07. The fraction of sp³-hybridized carbons (Fsp3) is 0.414. The largest absolute Gasteiger partial charge is 0.492 e. The maximum absolute atomic E-state index is 6.46. The standard InChI is InChI=1S/C29H33Cl2N3O2/c1-2-3-15-34-27-20-23(35-17-16-33-13-4-5-14-33)10-11-26(27)32-29(34)21-7-6-8-24(18-21)36-28-12-9-22(30)19-25(28)31/h6-12,18,20,25H,2-5,13-17,19H2,1H3. The molecule has 1 aromatic heterocycles. The van der Waals surface area contributed by atoms with Gasteiger partial charge in [-0.15, -0.1) is 11.6 Å². The van der Waals surface area contributed by atoms with Crippen molar-refractivity contribution < 1.29 is 9.47 Å². The predicted molar refractivity (Wildman–Crippen MR) is 148 cm³/mol. The lowest BCUT2D eigenvalue weighted by atomic mass is 10.1. The van der Waals surface area contributed by atoms with Gasteiger partial charge in [-0.2, -0.15) is 0 Å². The van der Waals surface area contributed by atoms with E-state index in [1.165, 1.54) is 25.9 Å². The first-order valence-electron chi connectivity index (χ1n) is 12.9. The number of allylic oxidation sites excluding steroid dienone is 4. The predicted octanol–water partition coefficient (Wildman–Crippen LogP) is 7.37. The molecule has 1 unspecified atom stereocenters. The summed E-state index contributed by atoms with van der Waals surface area (Å²) >= 11 is 12.6. The van der Waals surface area contributed by atoms with Crippen molar-refractivity contribution in [3.05, 3.63) is 65.4 Å². The molecular weight excluding hydrogens is 493 g/mol. The molecule has 5 nitrogen and oxygen atoms in total. The number of ether oxygens (including phenoxy) is 2. The van der Waals surface area contributed by atoms with E-state index >= 15 is 0 Å². The van der Waals surface area contributed by atoms with Crippen LogP contribution in [0.3, 0.4) is 0 Å². The van der Waals surface area contributed by atoms with Crippen LogP contribution >= 0.6 is 23.2 Å². The molecule has 0 radical (unpaired) electrons. The molecule has 1 fully saturated rings. The first-order chi connectivity index (χ1) is 17.6. The average Bonchev–Trinajstić information content (AvgIpc) is 3.52. The smallest absolute Gasteiger partial charge is 0.141 e. The van der Waals surface area contributed by atoms with Crippen molar-refractivity contribution in [3.63, 3.8) is 0 Å². The molecule has 0 saturated carbocycles. The molecule has 0 spiro atoms. The third-order valence-electron chi connectivity index (χ3n) is 6.77. The zero-order chi connectivity index (χ0) is 24.9. The van der Waals surface area contributed by atoms with Crippen molar-refractivity contribution in [2.24, 2.45) is 0 Å². The molecule has 2 heterocycles. The minimum absolute atomic E-state index is 0.274. The number of rotatable bonds is 10. The Morgan fingerprint density at radius 2 is 1.89 bits per heavy atom. The van der Waals surface area contributed by atoms with E-state index in [2.05, 4.69) is 34.6 Å². The summed E-state index contributed by atoms with van der Waals surface area (Å²) in [6.07, 6.45) is 9.04. The van der Waals surface area contributed by atoms with Crippen LogP contribution in [0, 0.1) is 0 Å². The van der Waals surface area contributed by atoms with E-state index < -0.39 is 0 Å². The number of hydrogen-bond donors (Lipinski definition) is 0. The lowest BCUT2D eigenvalue weighted by molar-refractivity contribution is 0.238. The van der Waals surface area contributed by atoms with Gasteiger partial charge in [0.2, 0.25) is 0 Å². The van der Waals surface area contributed by atoms with Crippen LogP contribution in [0.2, 0.25) is 0 Å². The average molecular weight is 527 g/mol. The van der Waals surface area contributed by atoms with Gasteiger partial charge < -0.3 is 14.0 Å². The van der Waals surface area contributed by atoms with Gasteiger partial charge in [0.1, 0.15) is 29.7 Å². The number of aromatic nitrogens is 2. The molecule has 2 aliphatic rings. The van der Waals surface area contributed by atoms with Crippen molar-refractivity contribution in [3.8, 4) is 22.9 Å². The van der Waals surface area contributed by atoms with E-state index in [1.807, 2.05) is 36.4 Å². The van der Waals surface area contributed by atoms with Gasteiger partial charge in [-0.25, -0.2) is 4.98 Å². The Morgan fingerprint density at radius 3 is 2.69 bits per heavy atom. The van der Waals surface area contributed by atoms with Crippen molar-refractivity contribution >= 4 is 34.2 Å². The molecule has 1 saturated heterocycles. The van der Waals surface area contributed by atoms with E-state index in [0.717, 1.165) is 64.9 Å². The Hall–Kier alpha value is -2.47. The quantitative estimate of drug-likeness (QED) is 0.259. The molecule has 0 amide bonds. The van der Waals surface area contributed by atoms with Crippen molar-refractivity contribution in [2.45, 2.75) is 50.9 Å². The normalized spacial score (nSPS) is 18.4. The van der Waals surface area contributed by atoms with Crippen LogP contribution in [0.4, 0.5) is 0 Å². The highest BCUT2D eigenvalue weighted by molar-refractivity contribution is 6.31. The van der Waals surface area contributed by atoms with Crippen LogP contribution in [0.1, 0.15) is 39.0 Å². The van der Waals surface area contributed by atoms with Gasteiger partial charge in [0, 0.05) is 36.2 Å². The highest BCUT2D eigenvalue weighted by Crippen LogP contribution is 2.32. The van der Waals surface area contributed by atoms with E-state index in [1.54, 1.807) is 0 Å². The molecule has 36 heavy (non-hydrogen) atoms. The number of nitrogens with zero attached hydrogens (tertiary/aromatic N) is 3. The summed E-state index contributed by atoms with van der Waals surface area (Å²) in [7, 11) is 0. The number of hydrogen-bond acceptors (Lipinski definition) is 4. The SMILES string of the molecule is CCCCn1c(-c2cccc(OC3=CC=C(Cl)CC3Cl)c2)nc2ccc(OCCN3CCCC3)cc21. The fourth-order valence-corrected chi connectivity index (χ4v) is 5.38. The van der Waals surface area contributed by atoms with Gasteiger partial charge in [-0.3, -0.25) is 4.90 Å². The summed E-state index contributed by atoms with van der Waals surface area (Å²) in [6, 6.07) is 14.3. The monoisotopic (exact) mass is 525 g/mol. The topological polar surface area (TPSA) is 39.5 Å². The third-order valence-corrected chi connectivity index (χ3v) is 7.42. The number of halogens is 2. The molecule has 0 N–H and O–H groups in total. The van der Waals surface area contributed by atoms with Gasteiger partial charge in [0.15, 0.2) is 0 Å². The zero-order valence-corrected chi connectivity index (χ0v) is 22.3. The lowest BCUT2D eigenvalue weighted by Gasteiger charge is -2.18. The molecule has 2 aromatic carbocycles. The number of unbranched alkanes of at least 4 members (excludes halogenated alkanes) is 1. The second-order valence-electron chi connectivity index (χ2n) is 9.47. The maximum atomic E-state index is 6.46. The Balaban J connectivity index is 1.40. The highest BCUT2D eigenvalue weighted by Gasteiger charge is 2.19. The van der Waals surface area contributed by atoms with E-state index in [4.69, 9.17) is 37.7 Å². The highest BCUT2D eigenvalue weighted by atomic mass is 35.5. The number of benzene rings is 2. The van der Waals surface area contributed by atoms with E-state index in [-0.39, 0.29) is 5.38 Å². The summed E-state index contributed by atoms with van der Waals surface area (Å²) in [5, 5.41) is 0.462. The minimum atomic E-state index is -0.274. The van der Waals surface area contributed by atoms with Crippen LogP contribution in [0.25, 0.3) is 22.4 Å². The number of alkyl halides is 1. The Bertz CT molecular complexity index is 1260. The van der Waals surface area contributed by atoms with Crippen LogP contribution in [-0.2, 0) is 6.54 Å². The van der Waals surface area contributed by atoms with Gasteiger partial charge in [-0.05, 0) is 68.8 Å². The summed E-state index contributed by atoms with van der Waals surface area (Å²) in [5.74, 6) is 3.26. The zero-order valence-electron chi connectivity index (χ0n) is 20.8. The first-order valence-corrected chi connectivity index (χ1v) is 13.8. The number of imidazole rings is 1. The minimum Gasteiger partial charge on any atom is -0.492 e. The lowest BCUT2D eigenvalue weighted by Crippen LogP contribution is -2.25. The molecule has 190 valence electrons. The number of fused-ring (bicyclic) bond motifs is 1. The van der Waals surface area contributed by atoms with Crippen molar-refractivity contribution in [1.29, 1.82) is 0 Å². The first kappa shape index (κ1) is 25.2. The molecule has 7 heteroatoms. The van der Waals surface area contributed by atoms with Gasteiger partial charge in [0.25, 0.3) is 0 Å². The van der Waals surface area contributed by atoms with Gasteiger partial charge >= 0.3 is 0 Å². The van der Waals surface area contributed by atoms with Crippen LogP contribution in [0.15, 0.2) is 65.4 Å². The van der Waals surface area contributed by atoms with Crippen LogP contribution in [-0.4, -0.2) is 46.1 Å². The third kappa shape index (κ3) is 5.91. The molecule has 1 aliphatic carbocycles. The Labute approximate surface area is 223 Å². The molecule has 5 rings (SSSR count). The molecule has 3 aromatic rings.